The van der Waals surface area contributed by atoms with Crippen LogP contribution in [0.4, 0.5) is 0 Å². The molecule has 23 heteroatoms. The van der Waals surface area contributed by atoms with Gasteiger partial charge in [0.25, 0.3) is 6.57 Å². The Balaban J connectivity index is 2.91. The van der Waals surface area contributed by atoms with Crippen molar-refractivity contribution in [3.05, 3.63) is 0 Å². The molecule has 1 fully saturated rings. The van der Waals surface area contributed by atoms with Crippen molar-refractivity contribution in [2.24, 2.45) is 23.6 Å². The maximum atomic E-state index is 13.5. The molecule has 5 amide bonds. The van der Waals surface area contributed by atoms with Gasteiger partial charge >= 0.3 is 0 Å². The summed E-state index contributed by atoms with van der Waals surface area (Å²) in [6.07, 6.45) is 3.04. The molecule has 3 unspecified atom stereocenters. The van der Waals surface area contributed by atoms with Gasteiger partial charge in [-0.05, 0) is 44.8 Å². The fourth-order valence-electron chi connectivity index (χ4n) is 5.46. The van der Waals surface area contributed by atoms with Gasteiger partial charge in [0, 0.05) is 43.5 Å². The van der Waals surface area contributed by atoms with Gasteiger partial charge in [0.1, 0.15) is 12.1 Å². The highest BCUT2D eigenvalue weighted by Gasteiger charge is 2.41. The first-order valence-electron chi connectivity index (χ1n) is 19.2. The maximum Gasteiger partial charge on any atom is 0.262 e. The summed E-state index contributed by atoms with van der Waals surface area (Å²) in [7, 11) is 0. The Labute approximate surface area is 339 Å². The van der Waals surface area contributed by atoms with E-state index in [1.807, 2.05) is 20.8 Å². The van der Waals surface area contributed by atoms with Crippen LogP contribution in [0.1, 0.15) is 72.1 Å². The molecule has 3 atom stereocenters. The minimum atomic E-state index is -2.99. The fourth-order valence-corrected chi connectivity index (χ4v) is 9.28. The van der Waals surface area contributed by atoms with Crippen molar-refractivity contribution in [3.63, 3.8) is 0 Å². The van der Waals surface area contributed by atoms with Gasteiger partial charge in [-0.15, -0.1) is 0 Å². The lowest BCUT2D eigenvalue weighted by molar-refractivity contribution is -0.133. The molecule has 11 N–H and O–H groups in total. The lowest BCUT2D eigenvalue weighted by Crippen LogP contribution is -2.51. The van der Waals surface area contributed by atoms with Crippen LogP contribution >= 0.6 is 18.0 Å². The fraction of sp³-hybridized carbons (Fsp3) is 0.853. The van der Waals surface area contributed by atoms with Crippen LogP contribution in [-0.2, 0) is 61.8 Å². The van der Waals surface area contributed by atoms with Crippen LogP contribution < -0.4 is 44.3 Å². The van der Waals surface area contributed by atoms with E-state index in [2.05, 4.69) is 41.1 Å². The molecule has 57 heavy (non-hydrogen) atoms. The number of nitrogens with two attached hydrogens (primary N) is 3. The van der Waals surface area contributed by atoms with Crippen LogP contribution in [0.5, 0.6) is 0 Å². The van der Waals surface area contributed by atoms with E-state index in [1.54, 1.807) is 6.26 Å². The zero-order valence-corrected chi connectivity index (χ0v) is 35.6. The summed E-state index contributed by atoms with van der Waals surface area (Å²) in [6.45, 7) is 4.86. The average Bonchev–Trinajstić information content (AvgIpc) is 3.18. The molecule has 0 aromatic rings. The maximum absolute atomic E-state index is 13.5. The van der Waals surface area contributed by atoms with Crippen molar-refractivity contribution in [3.8, 4) is 0 Å². The first-order chi connectivity index (χ1) is 27.2. The van der Waals surface area contributed by atoms with Gasteiger partial charge in [-0.1, -0.05) is 32.2 Å². The molecule has 1 rings (SSSR count). The quantitative estimate of drug-likeness (QED) is 0.0241. The van der Waals surface area contributed by atoms with Crippen molar-refractivity contribution in [2.75, 3.05) is 85.4 Å². The SMILES string of the molecule is CSP(=O)(OC1CCC(C(=O)NC(CCC(=O)NC(CCC(=O)NCCOCCON)C(=O)NCCOCCON)C(=O)NCCOCCON)CC1)C(C)(C)C. The summed E-state index contributed by atoms with van der Waals surface area (Å²) in [5.41, 5.74) is 0. The lowest BCUT2D eigenvalue weighted by atomic mass is 9.86. The largest absolute Gasteiger partial charge is 0.377 e. The van der Waals surface area contributed by atoms with E-state index >= 15 is 0 Å². The highest BCUT2D eigenvalue weighted by Crippen LogP contribution is 2.68. The summed E-state index contributed by atoms with van der Waals surface area (Å²) in [6, 6.07) is -2.18. The van der Waals surface area contributed by atoms with E-state index in [0.29, 0.717) is 25.7 Å². The number of ether oxygens (including phenoxy) is 3. The molecular weight excluding hydrogens is 791 g/mol. The van der Waals surface area contributed by atoms with E-state index in [0.717, 1.165) is 0 Å². The summed E-state index contributed by atoms with van der Waals surface area (Å²) >= 11 is 1.23. The minimum absolute atomic E-state index is 0.0302. The first-order valence-corrected chi connectivity index (χ1v) is 22.6. The molecule has 21 nitrogen and oxygen atoms in total. The predicted octanol–water partition coefficient (Wildman–Crippen LogP) is -0.484. The number of hydrogen-bond donors (Lipinski definition) is 8. The number of amides is 5. The summed E-state index contributed by atoms with van der Waals surface area (Å²) < 4.78 is 35.5. The van der Waals surface area contributed by atoms with Crippen molar-refractivity contribution in [1.29, 1.82) is 0 Å². The van der Waals surface area contributed by atoms with Crippen LogP contribution in [0, 0.1) is 5.92 Å². The van der Waals surface area contributed by atoms with Crippen molar-refractivity contribution >= 4 is 47.5 Å². The lowest BCUT2D eigenvalue weighted by Gasteiger charge is -2.35. The minimum Gasteiger partial charge on any atom is -0.377 e. The van der Waals surface area contributed by atoms with Gasteiger partial charge < -0.3 is 59.8 Å². The first kappa shape index (κ1) is 52.5. The number of carbonyl (C=O) groups is 5. The normalized spacial score (nSPS) is 17.8. The Morgan fingerprint density at radius 3 is 1.53 bits per heavy atom. The third kappa shape index (κ3) is 23.0. The topological polar surface area (TPSA) is 305 Å². The zero-order valence-electron chi connectivity index (χ0n) is 33.8. The molecule has 1 aliphatic carbocycles. The molecule has 0 heterocycles. The molecule has 0 aromatic heterocycles. The molecule has 332 valence electrons. The van der Waals surface area contributed by atoms with E-state index < -0.39 is 47.4 Å². The summed E-state index contributed by atoms with van der Waals surface area (Å²) in [5, 5.41) is 13.0. The number of hydrogen-bond acceptors (Lipinski definition) is 17. The molecular formula is C34H67N8O13PS. The monoisotopic (exact) mass is 858 g/mol. The highest BCUT2D eigenvalue weighted by atomic mass is 32.7. The van der Waals surface area contributed by atoms with Crippen LogP contribution in [0.2, 0.25) is 0 Å². The Morgan fingerprint density at radius 1 is 0.649 bits per heavy atom. The van der Waals surface area contributed by atoms with Crippen LogP contribution in [0.25, 0.3) is 0 Å². The van der Waals surface area contributed by atoms with Gasteiger partial charge in [0.2, 0.25) is 29.5 Å². The van der Waals surface area contributed by atoms with Gasteiger partial charge in [-0.3, -0.25) is 28.5 Å². The predicted molar refractivity (Wildman–Crippen MR) is 212 cm³/mol. The van der Waals surface area contributed by atoms with E-state index in [4.69, 9.17) is 36.4 Å². The number of rotatable bonds is 32. The van der Waals surface area contributed by atoms with E-state index in [9.17, 15) is 28.5 Å². The second-order valence-corrected chi connectivity index (χ2v) is 19.5. The Hall–Kier alpha value is -2.47. The smallest absolute Gasteiger partial charge is 0.262 e. The number of nitrogens with one attached hydrogen (secondary N) is 5. The van der Waals surface area contributed by atoms with Crippen molar-refractivity contribution in [2.45, 2.75) is 95.5 Å². The molecule has 0 aromatic carbocycles. The Kier molecular flexibility index (Phi) is 28.2. The molecule has 0 spiro atoms. The molecule has 0 saturated heterocycles. The zero-order chi connectivity index (χ0) is 42.5. The van der Waals surface area contributed by atoms with Crippen molar-refractivity contribution in [1.82, 2.24) is 26.6 Å². The summed E-state index contributed by atoms with van der Waals surface area (Å²) in [4.78, 5) is 79.0. The van der Waals surface area contributed by atoms with E-state index in [1.165, 1.54) is 11.4 Å². The molecule has 0 bridgehead atoms. The average molecular weight is 859 g/mol. The van der Waals surface area contributed by atoms with Crippen molar-refractivity contribution < 1.29 is 61.8 Å². The molecule has 0 radical (unpaired) electrons. The van der Waals surface area contributed by atoms with Crippen LogP contribution in [0.15, 0.2) is 0 Å². The summed E-state index contributed by atoms with van der Waals surface area (Å²) in [5.74, 6) is 12.2. The number of carbonyl (C=O) groups excluding carboxylic acids is 5. The third-order valence-electron chi connectivity index (χ3n) is 8.70. The molecule has 1 aliphatic rings. The standard InChI is InChI=1S/C34H67N8O13PS/c1-34(2,3)56(48,57-4)55-26-7-5-25(6-8-26)31(45)42-28(33(47)40-15-18-51-21-24-54-37)10-12-30(44)41-27(32(46)39-14-17-50-20-23-53-36)9-11-29(43)38-13-16-49-19-22-52-35/h25-28H,5-24,35-37H2,1-4H3,(H,38,43)(H,39,46)(H,40,47)(H,41,44)(H,42,45). The van der Waals surface area contributed by atoms with Gasteiger partial charge in [-0.25, -0.2) is 17.7 Å². The highest BCUT2D eigenvalue weighted by molar-refractivity contribution is 8.56. The third-order valence-corrected chi connectivity index (χ3v) is 14.7. The Bertz CT molecular complexity index is 1230. The van der Waals surface area contributed by atoms with E-state index in [-0.39, 0.29) is 123 Å². The molecule has 0 aliphatic heterocycles. The van der Waals surface area contributed by atoms with Gasteiger partial charge in [-0.2, -0.15) is 0 Å². The Morgan fingerprint density at radius 2 is 1.09 bits per heavy atom. The second kappa shape index (κ2) is 30.6. The second-order valence-electron chi connectivity index (χ2n) is 14.1. The molecule has 1 saturated carbocycles. The van der Waals surface area contributed by atoms with Gasteiger partial charge in [0.15, 0.2) is 0 Å². The van der Waals surface area contributed by atoms with Crippen LogP contribution in [-0.4, -0.2) is 138 Å². The van der Waals surface area contributed by atoms with Gasteiger partial charge in [0.05, 0.1) is 65.6 Å². The van der Waals surface area contributed by atoms with Crippen LogP contribution in [0.3, 0.4) is 0 Å².